The maximum absolute atomic E-state index is 13.1. The van der Waals surface area contributed by atoms with Crippen molar-refractivity contribution >= 4 is 35.1 Å². The largest absolute Gasteiger partial charge is 0.331 e. The van der Waals surface area contributed by atoms with Crippen molar-refractivity contribution < 1.29 is 19.6 Å². The molecule has 1 aliphatic rings. The predicted octanol–water partition coefficient (Wildman–Crippen LogP) is 2.62. The lowest BCUT2D eigenvalue weighted by Crippen LogP contribution is -2.55. The summed E-state index contributed by atoms with van der Waals surface area (Å²) in [6.07, 6.45) is 3.10. The van der Waals surface area contributed by atoms with Gasteiger partial charge < -0.3 is 15.5 Å². The summed E-state index contributed by atoms with van der Waals surface area (Å²) in [6.45, 7) is 3.80. The maximum Gasteiger partial charge on any atom is 0.319 e. The van der Waals surface area contributed by atoms with E-state index < -0.39 is 18.0 Å². The zero-order chi connectivity index (χ0) is 20.7. The Hall–Kier alpha value is -2.32. The molecular weight excluding hydrogens is 384 g/mol. The highest BCUT2D eigenvalue weighted by atomic mass is 35.5. The van der Waals surface area contributed by atoms with Crippen LogP contribution in [0.15, 0.2) is 24.3 Å². The molecule has 1 saturated carbocycles. The van der Waals surface area contributed by atoms with Gasteiger partial charge in [-0.2, -0.15) is 0 Å². The fourth-order valence-corrected chi connectivity index (χ4v) is 3.20. The first kappa shape index (κ1) is 22.0. The van der Waals surface area contributed by atoms with Crippen LogP contribution in [0, 0.1) is 11.8 Å². The molecule has 0 saturated heterocycles. The Kier molecular flexibility index (Phi) is 8.07. The van der Waals surface area contributed by atoms with Gasteiger partial charge >= 0.3 is 6.03 Å². The molecule has 1 atom stereocenters. The van der Waals surface area contributed by atoms with Gasteiger partial charge in [0.15, 0.2) is 0 Å². The predicted molar refractivity (Wildman–Crippen MR) is 106 cm³/mol. The number of nitrogens with one attached hydrogen (secondary N) is 3. The third kappa shape index (κ3) is 6.38. The van der Waals surface area contributed by atoms with E-state index in [2.05, 4.69) is 10.6 Å². The molecule has 2 rings (SSSR count). The van der Waals surface area contributed by atoms with Crippen molar-refractivity contribution in [1.29, 1.82) is 0 Å². The van der Waals surface area contributed by atoms with Crippen LogP contribution in [0.5, 0.6) is 0 Å². The number of hydrogen-bond acceptors (Lipinski definition) is 4. The monoisotopic (exact) mass is 410 g/mol. The van der Waals surface area contributed by atoms with Crippen molar-refractivity contribution in [3.8, 4) is 0 Å². The summed E-state index contributed by atoms with van der Waals surface area (Å²) in [5.41, 5.74) is 2.07. The summed E-state index contributed by atoms with van der Waals surface area (Å²) in [5.74, 6) is -0.882. The number of urea groups is 1. The Labute approximate surface area is 169 Å². The molecule has 0 aromatic heterocycles. The second-order valence-corrected chi connectivity index (χ2v) is 7.82. The first-order chi connectivity index (χ1) is 13.3. The molecule has 0 bridgehead atoms. The van der Waals surface area contributed by atoms with Crippen LogP contribution in [0.4, 0.5) is 10.5 Å². The van der Waals surface area contributed by atoms with Gasteiger partial charge in [-0.15, -0.1) is 0 Å². The summed E-state index contributed by atoms with van der Waals surface area (Å²) in [5, 5.41) is 14.6. The average Bonchev–Trinajstić information content (AvgIpc) is 2.60. The summed E-state index contributed by atoms with van der Waals surface area (Å²) in [7, 11) is 0. The van der Waals surface area contributed by atoms with Crippen LogP contribution in [0.25, 0.3) is 0 Å². The number of anilines is 1. The third-order valence-corrected chi connectivity index (χ3v) is 5.01. The highest BCUT2D eigenvalue weighted by molar-refractivity contribution is 6.30. The lowest BCUT2D eigenvalue weighted by molar-refractivity contribution is -0.142. The number of halogens is 1. The van der Waals surface area contributed by atoms with Gasteiger partial charge in [0.2, 0.25) is 5.91 Å². The van der Waals surface area contributed by atoms with Gasteiger partial charge in [0.25, 0.3) is 5.91 Å². The van der Waals surface area contributed by atoms with Crippen LogP contribution < -0.4 is 16.1 Å². The molecule has 9 heteroatoms. The minimum absolute atomic E-state index is 0.196. The van der Waals surface area contributed by atoms with E-state index in [1.54, 1.807) is 29.7 Å². The van der Waals surface area contributed by atoms with Gasteiger partial charge in [-0.1, -0.05) is 37.9 Å². The van der Waals surface area contributed by atoms with Crippen molar-refractivity contribution in [3.05, 3.63) is 29.3 Å². The van der Waals surface area contributed by atoms with Gasteiger partial charge in [0.05, 0.1) is 0 Å². The van der Waals surface area contributed by atoms with Crippen molar-refractivity contribution in [2.24, 2.45) is 11.8 Å². The fraction of sp³-hybridized carbons (Fsp3) is 0.526. The Balaban J connectivity index is 2.06. The van der Waals surface area contributed by atoms with E-state index in [-0.39, 0.29) is 18.4 Å². The van der Waals surface area contributed by atoms with Crippen LogP contribution in [0.1, 0.15) is 33.1 Å². The minimum Gasteiger partial charge on any atom is -0.331 e. The second-order valence-electron chi connectivity index (χ2n) is 7.38. The molecule has 8 nitrogen and oxygen atoms in total. The Morgan fingerprint density at radius 1 is 1.29 bits per heavy atom. The molecule has 1 unspecified atom stereocenters. The molecular formula is C19H27ClN4O4. The number of carbonyl (C=O) groups excluding carboxylic acids is 3. The van der Waals surface area contributed by atoms with Crippen molar-refractivity contribution in [1.82, 2.24) is 15.7 Å². The Bertz CT molecular complexity index is 709. The minimum atomic E-state index is -0.814. The number of nitrogens with zero attached hydrogens (tertiary/aromatic N) is 1. The molecule has 1 aliphatic carbocycles. The van der Waals surface area contributed by atoms with Crippen LogP contribution in [-0.4, -0.2) is 47.1 Å². The van der Waals surface area contributed by atoms with Crippen molar-refractivity contribution in [3.63, 3.8) is 0 Å². The number of rotatable bonds is 8. The van der Waals surface area contributed by atoms with Crippen LogP contribution in [0.3, 0.4) is 0 Å². The summed E-state index contributed by atoms with van der Waals surface area (Å²) in [4.78, 5) is 38.5. The molecule has 0 spiro atoms. The highest BCUT2D eigenvalue weighted by Gasteiger charge is 2.32. The summed E-state index contributed by atoms with van der Waals surface area (Å²) >= 11 is 5.92. The van der Waals surface area contributed by atoms with Gasteiger partial charge in [-0.3, -0.25) is 14.8 Å². The number of carbonyl (C=O) groups is 3. The van der Waals surface area contributed by atoms with E-state index in [4.69, 9.17) is 16.8 Å². The van der Waals surface area contributed by atoms with Crippen molar-refractivity contribution in [2.75, 3.05) is 18.4 Å². The van der Waals surface area contributed by atoms with E-state index in [1.165, 1.54) is 4.90 Å². The zero-order valence-electron chi connectivity index (χ0n) is 16.1. The quantitative estimate of drug-likeness (QED) is 0.390. The van der Waals surface area contributed by atoms with Gasteiger partial charge in [0, 0.05) is 17.3 Å². The lowest BCUT2D eigenvalue weighted by Gasteiger charge is -2.34. The first-order valence-electron chi connectivity index (χ1n) is 9.35. The van der Waals surface area contributed by atoms with Gasteiger partial charge in [-0.25, -0.2) is 10.3 Å². The molecule has 0 aliphatic heterocycles. The van der Waals surface area contributed by atoms with Gasteiger partial charge in [-0.05, 0) is 42.9 Å². The van der Waals surface area contributed by atoms with Crippen LogP contribution in [0.2, 0.25) is 5.02 Å². The summed E-state index contributed by atoms with van der Waals surface area (Å²) < 4.78 is 0. The number of hydrogen-bond donors (Lipinski definition) is 4. The topological polar surface area (TPSA) is 111 Å². The van der Waals surface area contributed by atoms with E-state index in [9.17, 15) is 14.4 Å². The number of benzene rings is 1. The fourth-order valence-electron chi connectivity index (χ4n) is 3.01. The Morgan fingerprint density at radius 3 is 2.54 bits per heavy atom. The van der Waals surface area contributed by atoms with Gasteiger partial charge in [0.1, 0.15) is 12.6 Å². The van der Waals surface area contributed by atoms with Crippen molar-refractivity contribution in [2.45, 2.75) is 39.2 Å². The standard InChI is InChI=1S/C19H27ClN4O4/c1-12(2)17(22-19(27)21-15-8-4-7-14(20)9-15)18(26)24(11-16(25)23-28)10-13-5-3-6-13/h4,7-9,12-13,17,28H,3,5-6,10-11H2,1-2H3,(H,23,25)(H2,21,22,27). The molecule has 1 aromatic carbocycles. The lowest BCUT2D eigenvalue weighted by atomic mass is 9.85. The highest BCUT2D eigenvalue weighted by Crippen LogP contribution is 2.27. The van der Waals surface area contributed by atoms with Crippen LogP contribution in [-0.2, 0) is 9.59 Å². The summed E-state index contributed by atoms with van der Waals surface area (Å²) in [6, 6.07) is 5.33. The maximum atomic E-state index is 13.1. The first-order valence-corrected chi connectivity index (χ1v) is 9.72. The number of hydroxylamine groups is 1. The second kappa shape index (κ2) is 10.3. The SMILES string of the molecule is CC(C)C(NC(=O)Nc1cccc(Cl)c1)C(=O)N(CC(=O)NO)CC1CCC1. The van der Waals surface area contributed by atoms with E-state index >= 15 is 0 Å². The molecule has 0 heterocycles. The third-order valence-electron chi connectivity index (χ3n) is 4.78. The molecule has 0 radical (unpaired) electrons. The normalized spacial score (nSPS) is 14.8. The molecule has 4 amide bonds. The zero-order valence-corrected chi connectivity index (χ0v) is 16.8. The Morgan fingerprint density at radius 2 is 2.00 bits per heavy atom. The van der Waals surface area contributed by atoms with E-state index in [1.807, 2.05) is 13.8 Å². The average molecular weight is 411 g/mol. The molecule has 1 aromatic rings. The van der Waals surface area contributed by atoms with E-state index in [0.717, 1.165) is 19.3 Å². The molecule has 28 heavy (non-hydrogen) atoms. The molecule has 1 fully saturated rings. The molecule has 154 valence electrons. The smallest absolute Gasteiger partial charge is 0.319 e. The van der Waals surface area contributed by atoms with E-state index in [0.29, 0.717) is 23.2 Å². The van der Waals surface area contributed by atoms with Crippen LogP contribution >= 0.6 is 11.6 Å². The molecule has 4 N–H and O–H groups in total. The number of amides is 4.